The molecule has 1 aromatic carbocycles. The van der Waals surface area contributed by atoms with E-state index in [1.54, 1.807) is 14.0 Å². The Morgan fingerprint density at radius 1 is 1.25 bits per heavy atom. The lowest BCUT2D eigenvalue weighted by Crippen LogP contribution is -2.54. The number of ketones is 1. The third-order valence-corrected chi connectivity index (χ3v) is 8.14. The number of carbonyl (C=O) groups excluding carboxylic acids is 1. The number of hydrogen-bond donors (Lipinski definition) is 1. The minimum atomic E-state index is -3.96. The first kappa shape index (κ1) is 25.9. The second-order valence-corrected chi connectivity index (χ2v) is 10.9. The number of aromatic amines is 1. The van der Waals surface area contributed by atoms with Crippen molar-refractivity contribution in [2.24, 2.45) is 7.05 Å². The molecule has 0 bridgehead atoms. The van der Waals surface area contributed by atoms with Crippen molar-refractivity contribution in [2.75, 3.05) is 39.8 Å². The molecule has 2 aromatic heterocycles. The Labute approximate surface area is 208 Å². The minimum Gasteiger partial charge on any atom is -0.633 e. The van der Waals surface area contributed by atoms with Gasteiger partial charge in [-0.25, -0.2) is 13.4 Å². The number of aromatic nitrogens is 4. The highest BCUT2D eigenvalue weighted by molar-refractivity contribution is 7.89. The van der Waals surface area contributed by atoms with Gasteiger partial charge in [0, 0.05) is 7.05 Å². The first-order valence-corrected chi connectivity index (χ1v) is 13.3. The zero-order valence-electron chi connectivity index (χ0n) is 20.8. The van der Waals surface area contributed by atoms with Gasteiger partial charge < -0.3 is 19.6 Å². The van der Waals surface area contributed by atoms with Crippen LogP contribution in [-0.2, 0) is 23.5 Å². The maximum atomic E-state index is 13.6. The Bertz CT molecular complexity index is 1470. The highest BCUT2D eigenvalue weighted by atomic mass is 32.2. The number of fused-ring (bicyclic) bond motifs is 1. The van der Waals surface area contributed by atoms with E-state index in [9.17, 15) is 23.2 Å². The molecule has 0 saturated carbocycles. The SMILES string of the molecule is CCCc1nn(C)c2c(=O)[nH]c(C(=O)c3cc(S(=O)(=O)N4CC[N+](C)([O-])CC4)ccc3OCC)nc12. The van der Waals surface area contributed by atoms with Gasteiger partial charge in [0.1, 0.15) is 11.3 Å². The van der Waals surface area contributed by atoms with Crippen molar-refractivity contribution < 1.29 is 22.6 Å². The Morgan fingerprint density at radius 3 is 2.58 bits per heavy atom. The molecule has 1 saturated heterocycles. The van der Waals surface area contributed by atoms with E-state index in [-0.39, 0.29) is 60.3 Å². The van der Waals surface area contributed by atoms with Gasteiger partial charge in [-0.15, -0.1) is 0 Å². The quantitative estimate of drug-likeness (QED) is 0.265. The van der Waals surface area contributed by atoms with Gasteiger partial charge in [0.25, 0.3) is 5.56 Å². The minimum absolute atomic E-state index is 0.0391. The molecular formula is C23H30N6O6S. The van der Waals surface area contributed by atoms with Crippen LogP contribution in [0.2, 0.25) is 0 Å². The summed E-state index contributed by atoms with van der Waals surface area (Å²) in [5.74, 6) is -0.736. The lowest BCUT2D eigenvalue weighted by molar-refractivity contribution is -0.864. The van der Waals surface area contributed by atoms with E-state index in [1.165, 1.54) is 34.2 Å². The van der Waals surface area contributed by atoms with Crippen molar-refractivity contribution in [2.45, 2.75) is 31.6 Å². The Hall–Kier alpha value is -3.13. The predicted octanol–water partition coefficient (Wildman–Crippen LogP) is 1.19. The van der Waals surface area contributed by atoms with Crippen LogP contribution in [0.3, 0.4) is 0 Å². The van der Waals surface area contributed by atoms with Crippen LogP contribution in [0.25, 0.3) is 11.0 Å². The molecule has 13 heteroatoms. The molecule has 194 valence electrons. The monoisotopic (exact) mass is 518 g/mol. The molecule has 3 aromatic rings. The Kier molecular flexibility index (Phi) is 7.01. The number of carbonyl (C=O) groups is 1. The number of piperazine rings is 1. The van der Waals surface area contributed by atoms with Crippen molar-refractivity contribution in [1.82, 2.24) is 24.1 Å². The third-order valence-electron chi connectivity index (χ3n) is 6.24. The van der Waals surface area contributed by atoms with E-state index in [4.69, 9.17) is 4.74 Å². The van der Waals surface area contributed by atoms with Crippen LogP contribution >= 0.6 is 0 Å². The fourth-order valence-electron chi connectivity index (χ4n) is 4.27. The predicted molar refractivity (Wildman–Crippen MR) is 132 cm³/mol. The first-order valence-electron chi connectivity index (χ1n) is 11.8. The molecule has 0 unspecified atom stereocenters. The second-order valence-electron chi connectivity index (χ2n) is 9.00. The molecule has 0 aliphatic carbocycles. The van der Waals surface area contributed by atoms with Gasteiger partial charge in [-0.1, -0.05) is 13.3 Å². The van der Waals surface area contributed by atoms with Crippen molar-refractivity contribution >= 4 is 26.8 Å². The largest absolute Gasteiger partial charge is 0.633 e. The number of hydrogen-bond acceptors (Lipinski definition) is 8. The summed E-state index contributed by atoms with van der Waals surface area (Å²) in [4.78, 5) is 33.2. The lowest BCUT2D eigenvalue weighted by Gasteiger charge is -2.44. The number of nitrogens with zero attached hydrogens (tertiary/aromatic N) is 5. The number of H-pyrrole nitrogens is 1. The number of benzene rings is 1. The van der Waals surface area contributed by atoms with Gasteiger partial charge in [0.2, 0.25) is 15.8 Å². The summed E-state index contributed by atoms with van der Waals surface area (Å²) in [6.07, 6.45) is 1.36. The molecule has 36 heavy (non-hydrogen) atoms. The summed E-state index contributed by atoms with van der Waals surface area (Å²) in [6.45, 7) is 4.38. The molecular weight excluding hydrogens is 488 g/mol. The van der Waals surface area contributed by atoms with E-state index in [0.29, 0.717) is 17.6 Å². The van der Waals surface area contributed by atoms with E-state index in [0.717, 1.165) is 6.42 Å². The second kappa shape index (κ2) is 9.73. The summed E-state index contributed by atoms with van der Waals surface area (Å²) in [5, 5.41) is 16.5. The van der Waals surface area contributed by atoms with Gasteiger partial charge >= 0.3 is 0 Å². The van der Waals surface area contributed by atoms with Crippen LogP contribution in [0.5, 0.6) is 5.75 Å². The fraction of sp³-hybridized carbons (Fsp3) is 0.478. The van der Waals surface area contributed by atoms with Crippen molar-refractivity contribution in [3.05, 3.63) is 50.8 Å². The normalized spacial score (nSPS) is 16.4. The van der Waals surface area contributed by atoms with Gasteiger partial charge in [-0.2, -0.15) is 9.40 Å². The summed E-state index contributed by atoms with van der Waals surface area (Å²) >= 11 is 0. The average Bonchev–Trinajstić information content (AvgIpc) is 3.14. The lowest BCUT2D eigenvalue weighted by atomic mass is 10.1. The molecule has 1 aliphatic rings. The van der Waals surface area contributed by atoms with Crippen LogP contribution in [-0.4, -0.2) is 82.7 Å². The van der Waals surface area contributed by atoms with Crippen LogP contribution in [0.15, 0.2) is 27.9 Å². The van der Waals surface area contributed by atoms with E-state index in [1.807, 2.05) is 6.92 Å². The van der Waals surface area contributed by atoms with E-state index < -0.39 is 26.0 Å². The third kappa shape index (κ3) is 4.78. The molecule has 12 nitrogen and oxygen atoms in total. The maximum Gasteiger partial charge on any atom is 0.277 e. The number of rotatable bonds is 8. The highest BCUT2D eigenvalue weighted by Gasteiger charge is 2.32. The van der Waals surface area contributed by atoms with Crippen LogP contribution in [0.4, 0.5) is 0 Å². The van der Waals surface area contributed by atoms with Crippen molar-refractivity contribution in [3.8, 4) is 5.75 Å². The highest BCUT2D eigenvalue weighted by Crippen LogP contribution is 2.28. The molecule has 1 N–H and O–H groups in total. The van der Waals surface area contributed by atoms with Crippen LogP contribution in [0, 0.1) is 5.21 Å². The van der Waals surface area contributed by atoms with Gasteiger partial charge in [0.05, 0.1) is 56.0 Å². The van der Waals surface area contributed by atoms with Crippen LogP contribution < -0.4 is 10.3 Å². The smallest absolute Gasteiger partial charge is 0.277 e. The van der Waals surface area contributed by atoms with E-state index >= 15 is 0 Å². The molecule has 0 radical (unpaired) electrons. The summed E-state index contributed by atoms with van der Waals surface area (Å²) in [6, 6.07) is 4.03. The fourth-order valence-corrected chi connectivity index (χ4v) is 5.72. The first-order chi connectivity index (χ1) is 17.0. The number of quaternary nitrogens is 1. The number of ether oxygens (including phenoxy) is 1. The average molecular weight is 519 g/mol. The molecule has 1 aliphatic heterocycles. The molecule has 0 amide bonds. The van der Waals surface area contributed by atoms with E-state index in [2.05, 4.69) is 15.1 Å². The number of likely N-dealkylation sites (N-methyl/N-ethyl adjacent to an activating group) is 1. The zero-order valence-corrected chi connectivity index (χ0v) is 21.6. The molecule has 3 heterocycles. The molecule has 0 atom stereocenters. The number of aryl methyl sites for hydroxylation is 2. The molecule has 0 spiro atoms. The zero-order chi connectivity index (χ0) is 26.3. The number of nitrogens with one attached hydrogen (secondary N) is 1. The summed E-state index contributed by atoms with van der Waals surface area (Å²) < 4.78 is 34.4. The summed E-state index contributed by atoms with van der Waals surface area (Å²) in [5.41, 5.74) is 0.633. The maximum absolute atomic E-state index is 13.6. The van der Waals surface area contributed by atoms with Crippen molar-refractivity contribution in [1.29, 1.82) is 0 Å². The van der Waals surface area contributed by atoms with Crippen LogP contribution in [0.1, 0.15) is 42.1 Å². The molecule has 1 fully saturated rings. The van der Waals surface area contributed by atoms with Gasteiger partial charge in [0.15, 0.2) is 11.3 Å². The standard InChI is InChI=1S/C23H30N6O6S/c1-5-7-17-19-20(27(3)26-17)23(31)25-22(24-19)21(30)16-14-15(8-9-18(16)35-6-2)36(33,34)28-10-12-29(4,32)13-11-28/h8-9,14H,5-7,10-13H2,1-4H3,(H,24,25,31). The van der Waals surface area contributed by atoms with Gasteiger partial charge in [-0.3, -0.25) is 14.3 Å². The van der Waals surface area contributed by atoms with Crippen molar-refractivity contribution in [3.63, 3.8) is 0 Å². The van der Waals surface area contributed by atoms with Gasteiger partial charge in [-0.05, 0) is 31.5 Å². The topological polar surface area (TPSA) is 150 Å². The number of hydroxylamine groups is 3. The number of sulfonamides is 1. The molecule has 4 rings (SSSR count). The Balaban J connectivity index is 1.78. The summed E-state index contributed by atoms with van der Waals surface area (Å²) in [7, 11) is -0.819. The Morgan fingerprint density at radius 2 is 1.94 bits per heavy atom.